The van der Waals surface area contributed by atoms with Crippen molar-refractivity contribution in [1.29, 1.82) is 0 Å². The molecule has 1 heterocycles. The number of hydrogen-bond acceptors (Lipinski definition) is 3. The minimum atomic E-state index is -1.24. The van der Waals surface area contributed by atoms with E-state index in [9.17, 15) is 14.4 Å². The van der Waals surface area contributed by atoms with E-state index in [0.717, 1.165) is 21.2 Å². The molecule has 0 aromatic heterocycles. The maximum absolute atomic E-state index is 13.3. The summed E-state index contributed by atoms with van der Waals surface area (Å²) in [6.07, 6.45) is 0. The summed E-state index contributed by atoms with van der Waals surface area (Å²) in [4.78, 5) is 39.7. The highest BCUT2D eigenvalue weighted by Gasteiger charge is 2.50. The van der Waals surface area contributed by atoms with E-state index in [4.69, 9.17) is 0 Å². The largest absolute Gasteiger partial charge is 0.325 e. The van der Waals surface area contributed by atoms with E-state index in [1.54, 1.807) is 6.92 Å². The quantitative estimate of drug-likeness (QED) is 0.608. The van der Waals surface area contributed by atoms with Crippen LogP contribution in [0.5, 0.6) is 0 Å². The van der Waals surface area contributed by atoms with Gasteiger partial charge in [0.05, 0.1) is 0 Å². The van der Waals surface area contributed by atoms with Gasteiger partial charge in [-0.2, -0.15) is 0 Å². The fraction of sp³-hybridized carbons (Fsp3) is 0.240. The summed E-state index contributed by atoms with van der Waals surface area (Å²) in [6, 6.07) is 20.3. The molecule has 6 heteroatoms. The van der Waals surface area contributed by atoms with E-state index in [1.807, 2.05) is 80.6 Å². The maximum Gasteiger partial charge on any atom is 0.325 e. The van der Waals surface area contributed by atoms with Gasteiger partial charge in [0.2, 0.25) is 5.91 Å². The van der Waals surface area contributed by atoms with Crippen LogP contribution >= 0.6 is 0 Å². The number of imide groups is 1. The molecule has 0 radical (unpaired) electrons. The number of fused-ring (bicyclic) bond motifs is 1. The fourth-order valence-electron chi connectivity index (χ4n) is 4.13. The van der Waals surface area contributed by atoms with Crippen molar-refractivity contribution in [2.45, 2.75) is 32.2 Å². The predicted octanol–water partition coefficient (Wildman–Crippen LogP) is 4.37. The molecule has 1 fully saturated rings. The number of carbonyl (C=O) groups is 3. The van der Waals surface area contributed by atoms with Gasteiger partial charge in [0.15, 0.2) is 0 Å². The highest BCUT2D eigenvalue weighted by atomic mass is 16.2. The topological polar surface area (TPSA) is 78.5 Å². The second kappa shape index (κ2) is 7.87. The fourth-order valence-corrected chi connectivity index (χ4v) is 4.13. The minimum Gasteiger partial charge on any atom is -0.324 e. The number of rotatable bonds is 5. The first-order chi connectivity index (χ1) is 14.8. The molecule has 158 valence electrons. The van der Waals surface area contributed by atoms with Gasteiger partial charge in [0.25, 0.3) is 5.91 Å². The summed E-state index contributed by atoms with van der Waals surface area (Å²) >= 11 is 0. The highest BCUT2D eigenvalue weighted by Crippen LogP contribution is 2.34. The molecule has 1 aliphatic heterocycles. The molecule has 2 N–H and O–H groups in total. The molecule has 31 heavy (non-hydrogen) atoms. The van der Waals surface area contributed by atoms with Crippen molar-refractivity contribution >= 4 is 34.3 Å². The van der Waals surface area contributed by atoms with Gasteiger partial charge in [-0.25, -0.2) is 4.79 Å². The van der Waals surface area contributed by atoms with E-state index in [0.29, 0.717) is 11.3 Å². The molecule has 1 aliphatic rings. The third-order valence-corrected chi connectivity index (χ3v) is 5.76. The van der Waals surface area contributed by atoms with Gasteiger partial charge >= 0.3 is 6.03 Å². The Kier molecular flexibility index (Phi) is 5.23. The van der Waals surface area contributed by atoms with Crippen molar-refractivity contribution in [3.8, 4) is 0 Å². The van der Waals surface area contributed by atoms with Crippen molar-refractivity contribution in [2.24, 2.45) is 0 Å². The Bertz CT molecular complexity index is 1180. The molecule has 0 unspecified atom stereocenters. The summed E-state index contributed by atoms with van der Waals surface area (Å²) in [5.74, 6) is -0.636. The van der Waals surface area contributed by atoms with Gasteiger partial charge < -0.3 is 10.6 Å². The van der Waals surface area contributed by atoms with Gasteiger partial charge in [-0.05, 0) is 40.8 Å². The zero-order chi connectivity index (χ0) is 22.2. The Labute approximate surface area is 181 Å². The Balaban J connectivity index is 1.58. The number of amides is 4. The van der Waals surface area contributed by atoms with Crippen LogP contribution in [0.15, 0.2) is 66.7 Å². The van der Waals surface area contributed by atoms with Gasteiger partial charge in [-0.15, -0.1) is 0 Å². The van der Waals surface area contributed by atoms with Crippen LogP contribution in [0.2, 0.25) is 0 Å². The van der Waals surface area contributed by atoms with Crippen molar-refractivity contribution in [3.05, 3.63) is 77.9 Å². The monoisotopic (exact) mass is 415 g/mol. The molecule has 4 rings (SSSR count). The lowest BCUT2D eigenvalue weighted by Crippen LogP contribution is -2.42. The van der Waals surface area contributed by atoms with E-state index in [2.05, 4.69) is 10.6 Å². The number of nitrogens with one attached hydrogen (secondary N) is 2. The molecular weight excluding hydrogens is 390 g/mol. The van der Waals surface area contributed by atoms with Crippen LogP contribution in [0.25, 0.3) is 10.8 Å². The summed E-state index contributed by atoms with van der Waals surface area (Å²) < 4.78 is 0. The summed E-state index contributed by atoms with van der Waals surface area (Å²) in [7, 11) is 0. The van der Waals surface area contributed by atoms with Gasteiger partial charge in [-0.1, -0.05) is 74.5 Å². The van der Waals surface area contributed by atoms with Crippen molar-refractivity contribution in [2.75, 3.05) is 11.9 Å². The first-order valence-corrected chi connectivity index (χ1v) is 10.3. The van der Waals surface area contributed by atoms with E-state index in [1.165, 1.54) is 0 Å². The molecule has 0 saturated carbocycles. The normalized spacial score (nSPS) is 18.5. The average molecular weight is 415 g/mol. The molecule has 3 aromatic rings. The Hall–Kier alpha value is -3.67. The number of carbonyl (C=O) groups excluding carboxylic acids is 3. The van der Waals surface area contributed by atoms with Crippen LogP contribution in [0.1, 0.15) is 37.8 Å². The van der Waals surface area contributed by atoms with Crippen LogP contribution in [-0.4, -0.2) is 29.3 Å². The molecule has 6 nitrogen and oxygen atoms in total. The lowest BCUT2D eigenvalue weighted by Gasteiger charge is -2.24. The Morgan fingerprint density at radius 3 is 2.45 bits per heavy atom. The van der Waals surface area contributed by atoms with Crippen LogP contribution in [0, 0.1) is 0 Å². The third kappa shape index (κ3) is 3.65. The van der Waals surface area contributed by atoms with E-state index >= 15 is 0 Å². The number of nitrogens with zero attached hydrogens (tertiary/aromatic N) is 1. The standard InChI is InChI=1S/C25H25N3O3/c1-16(2)18-11-6-7-14-21(18)26-22(29)15-28-23(30)25(3,27-24(28)31)20-13-8-10-17-9-4-5-12-19(17)20/h4-14,16H,15H2,1-3H3,(H,26,29)(H,27,31)/t25-/m0/s1. The predicted molar refractivity (Wildman–Crippen MR) is 121 cm³/mol. The molecule has 0 spiro atoms. The summed E-state index contributed by atoms with van der Waals surface area (Å²) in [5, 5.41) is 7.50. The second-order valence-electron chi connectivity index (χ2n) is 8.26. The van der Waals surface area contributed by atoms with Gasteiger partial charge in [0.1, 0.15) is 12.1 Å². The van der Waals surface area contributed by atoms with Crippen LogP contribution in [0.4, 0.5) is 10.5 Å². The molecule has 1 atom stereocenters. The van der Waals surface area contributed by atoms with Gasteiger partial charge in [-0.3, -0.25) is 14.5 Å². The first-order valence-electron chi connectivity index (χ1n) is 10.3. The third-order valence-electron chi connectivity index (χ3n) is 5.76. The number of hydrogen-bond donors (Lipinski definition) is 2. The Morgan fingerprint density at radius 2 is 1.68 bits per heavy atom. The summed E-state index contributed by atoms with van der Waals surface area (Å²) in [5.41, 5.74) is 1.14. The number of benzene rings is 3. The maximum atomic E-state index is 13.3. The smallest absolute Gasteiger partial charge is 0.324 e. The lowest BCUT2D eigenvalue weighted by molar-refractivity contribution is -0.133. The van der Waals surface area contributed by atoms with Crippen LogP contribution in [-0.2, 0) is 15.1 Å². The molecule has 0 bridgehead atoms. The van der Waals surface area contributed by atoms with Crippen LogP contribution in [0.3, 0.4) is 0 Å². The molecule has 4 amide bonds. The molecule has 1 saturated heterocycles. The van der Waals surface area contributed by atoms with Crippen molar-refractivity contribution < 1.29 is 14.4 Å². The number of urea groups is 1. The SMILES string of the molecule is CC(C)c1ccccc1NC(=O)CN1C(=O)N[C@@](C)(c2cccc3ccccc23)C1=O. The van der Waals surface area contributed by atoms with Crippen molar-refractivity contribution in [1.82, 2.24) is 10.2 Å². The van der Waals surface area contributed by atoms with Gasteiger partial charge in [0, 0.05) is 5.69 Å². The van der Waals surface area contributed by atoms with Crippen molar-refractivity contribution in [3.63, 3.8) is 0 Å². The van der Waals surface area contributed by atoms with E-state index < -0.39 is 23.4 Å². The van der Waals surface area contributed by atoms with Crippen LogP contribution < -0.4 is 10.6 Å². The Morgan fingerprint density at radius 1 is 1.00 bits per heavy atom. The first kappa shape index (κ1) is 20.6. The highest BCUT2D eigenvalue weighted by molar-refractivity contribution is 6.11. The number of anilines is 1. The second-order valence-corrected chi connectivity index (χ2v) is 8.26. The lowest BCUT2D eigenvalue weighted by atomic mass is 9.88. The molecular formula is C25H25N3O3. The average Bonchev–Trinajstić information content (AvgIpc) is 2.97. The summed E-state index contributed by atoms with van der Waals surface area (Å²) in [6.45, 7) is 5.41. The van der Waals surface area contributed by atoms with E-state index in [-0.39, 0.29) is 12.5 Å². The zero-order valence-electron chi connectivity index (χ0n) is 17.8. The number of para-hydroxylation sites is 1. The molecule has 3 aromatic carbocycles. The minimum absolute atomic E-state index is 0.225. The zero-order valence-corrected chi connectivity index (χ0v) is 17.8. The molecule has 0 aliphatic carbocycles.